The largest absolute Gasteiger partial charge is 0.326 e. The van der Waals surface area contributed by atoms with Crippen LogP contribution in [0.1, 0.15) is 32.9 Å². The molecule has 0 saturated heterocycles. The number of rotatable bonds is 2. The molecule has 0 amide bonds. The molecule has 72 valence electrons. The zero-order valence-electron chi connectivity index (χ0n) is 8.42. The lowest BCUT2D eigenvalue weighted by molar-refractivity contribution is 0.375. The van der Waals surface area contributed by atoms with Gasteiger partial charge in [0.05, 0.1) is 0 Å². The number of nitrogens with zero attached hydrogens (tertiary/aromatic N) is 1. The van der Waals surface area contributed by atoms with E-state index < -0.39 is 0 Å². The van der Waals surface area contributed by atoms with Gasteiger partial charge >= 0.3 is 0 Å². The first-order chi connectivity index (χ1) is 5.99. The van der Waals surface area contributed by atoms with Gasteiger partial charge in [-0.15, -0.1) is 0 Å². The standard InChI is InChI=1S/C10H16N2O/c1-10(2,3)5-4-8-9(13)12-7-6-11-8/h6-7H,4-5H2,1-3H3,(H,12,13). The maximum Gasteiger partial charge on any atom is 0.269 e. The topological polar surface area (TPSA) is 45.8 Å². The summed E-state index contributed by atoms with van der Waals surface area (Å²) in [6.45, 7) is 6.47. The molecule has 3 heteroatoms. The fourth-order valence-electron chi connectivity index (χ4n) is 1.05. The number of aromatic amines is 1. The van der Waals surface area contributed by atoms with E-state index in [-0.39, 0.29) is 11.0 Å². The summed E-state index contributed by atoms with van der Waals surface area (Å²) in [5.74, 6) is 0. The molecule has 13 heavy (non-hydrogen) atoms. The predicted molar refractivity (Wildman–Crippen MR) is 52.6 cm³/mol. The second-order valence-electron chi connectivity index (χ2n) is 4.43. The summed E-state index contributed by atoms with van der Waals surface area (Å²) in [6, 6.07) is 0. The SMILES string of the molecule is CC(C)(C)CCc1ncc[nH]c1=O. The van der Waals surface area contributed by atoms with Gasteiger partial charge in [-0.05, 0) is 18.3 Å². The van der Waals surface area contributed by atoms with Crippen LogP contribution in [0.5, 0.6) is 0 Å². The maximum absolute atomic E-state index is 11.2. The molecule has 0 radical (unpaired) electrons. The van der Waals surface area contributed by atoms with E-state index >= 15 is 0 Å². The van der Waals surface area contributed by atoms with Crippen molar-refractivity contribution in [2.75, 3.05) is 0 Å². The summed E-state index contributed by atoms with van der Waals surface area (Å²) in [4.78, 5) is 17.9. The molecule has 1 N–H and O–H groups in total. The molecule has 0 aliphatic rings. The van der Waals surface area contributed by atoms with Crippen LogP contribution in [0, 0.1) is 5.41 Å². The van der Waals surface area contributed by atoms with Crippen molar-refractivity contribution in [3.8, 4) is 0 Å². The smallest absolute Gasteiger partial charge is 0.269 e. The summed E-state index contributed by atoms with van der Waals surface area (Å²) in [5, 5.41) is 0. The van der Waals surface area contributed by atoms with Crippen molar-refractivity contribution in [1.29, 1.82) is 0 Å². The number of hydrogen-bond donors (Lipinski definition) is 1. The normalized spacial score (nSPS) is 11.6. The Morgan fingerprint density at radius 1 is 1.46 bits per heavy atom. The minimum absolute atomic E-state index is 0.0632. The Kier molecular flexibility index (Phi) is 2.86. The minimum atomic E-state index is -0.0632. The lowest BCUT2D eigenvalue weighted by atomic mass is 9.90. The van der Waals surface area contributed by atoms with Gasteiger partial charge < -0.3 is 4.98 Å². The van der Waals surface area contributed by atoms with Crippen molar-refractivity contribution in [3.63, 3.8) is 0 Å². The van der Waals surface area contributed by atoms with Gasteiger partial charge in [0, 0.05) is 12.4 Å². The second kappa shape index (κ2) is 3.73. The first-order valence-corrected chi connectivity index (χ1v) is 4.52. The molecular formula is C10H16N2O. The van der Waals surface area contributed by atoms with Crippen molar-refractivity contribution in [1.82, 2.24) is 9.97 Å². The molecule has 0 fully saturated rings. The molecule has 0 aliphatic heterocycles. The van der Waals surface area contributed by atoms with Crippen LogP contribution in [0.15, 0.2) is 17.2 Å². The highest BCUT2D eigenvalue weighted by molar-refractivity contribution is 4.96. The third-order valence-electron chi connectivity index (χ3n) is 1.89. The fraction of sp³-hybridized carbons (Fsp3) is 0.600. The van der Waals surface area contributed by atoms with E-state index in [9.17, 15) is 4.79 Å². The lowest BCUT2D eigenvalue weighted by Gasteiger charge is -2.16. The van der Waals surface area contributed by atoms with Crippen LogP contribution in [0.4, 0.5) is 0 Å². The Morgan fingerprint density at radius 2 is 2.15 bits per heavy atom. The lowest BCUT2D eigenvalue weighted by Crippen LogP contribution is -2.16. The Morgan fingerprint density at radius 3 is 2.69 bits per heavy atom. The summed E-state index contributed by atoms with van der Waals surface area (Å²) >= 11 is 0. The van der Waals surface area contributed by atoms with Crippen LogP contribution >= 0.6 is 0 Å². The molecule has 0 aromatic carbocycles. The van der Waals surface area contributed by atoms with Crippen molar-refractivity contribution in [2.45, 2.75) is 33.6 Å². The highest BCUT2D eigenvalue weighted by Gasteiger charge is 2.11. The van der Waals surface area contributed by atoms with Crippen LogP contribution in [0.2, 0.25) is 0 Å². The van der Waals surface area contributed by atoms with Crippen molar-refractivity contribution >= 4 is 0 Å². The number of H-pyrrole nitrogens is 1. The highest BCUT2D eigenvalue weighted by atomic mass is 16.1. The summed E-state index contributed by atoms with van der Waals surface area (Å²) < 4.78 is 0. The Balaban J connectivity index is 2.66. The first-order valence-electron chi connectivity index (χ1n) is 4.52. The van der Waals surface area contributed by atoms with Crippen LogP contribution in [0.3, 0.4) is 0 Å². The average molecular weight is 180 g/mol. The zero-order valence-corrected chi connectivity index (χ0v) is 8.42. The van der Waals surface area contributed by atoms with Crippen molar-refractivity contribution in [2.24, 2.45) is 5.41 Å². The van der Waals surface area contributed by atoms with Gasteiger partial charge in [0.25, 0.3) is 5.56 Å². The number of aromatic nitrogens is 2. The molecule has 0 spiro atoms. The van der Waals surface area contributed by atoms with Gasteiger partial charge in [0.1, 0.15) is 5.69 Å². The molecular weight excluding hydrogens is 164 g/mol. The molecule has 1 aromatic heterocycles. The van der Waals surface area contributed by atoms with Crippen LogP contribution in [-0.4, -0.2) is 9.97 Å². The molecule has 0 atom stereocenters. The van der Waals surface area contributed by atoms with Gasteiger partial charge in [-0.2, -0.15) is 0 Å². The van der Waals surface area contributed by atoms with E-state index in [2.05, 4.69) is 30.7 Å². The van der Waals surface area contributed by atoms with Crippen molar-refractivity contribution < 1.29 is 0 Å². The van der Waals surface area contributed by atoms with E-state index in [1.807, 2.05) is 0 Å². The minimum Gasteiger partial charge on any atom is -0.326 e. The van der Waals surface area contributed by atoms with E-state index in [0.29, 0.717) is 5.69 Å². The second-order valence-corrected chi connectivity index (χ2v) is 4.43. The average Bonchev–Trinajstić information content (AvgIpc) is 2.01. The molecule has 1 rings (SSSR count). The number of nitrogens with one attached hydrogen (secondary N) is 1. The molecule has 0 aliphatic carbocycles. The Labute approximate surface area is 78.2 Å². The van der Waals surface area contributed by atoms with E-state index in [1.54, 1.807) is 12.4 Å². The number of aryl methyl sites for hydroxylation is 1. The monoisotopic (exact) mass is 180 g/mol. The van der Waals surface area contributed by atoms with Crippen molar-refractivity contribution in [3.05, 3.63) is 28.4 Å². The molecule has 3 nitrogen and oxygen atoms in total. The summed E-state index contributed by atoms with van der Waals surface area (Å²) in [6.07, 6.45) is 4.91. The third kappa shape index (κ3) is 3.40. The summed E-state index contributed by atoms with van der Waals surface area (Å²) in [7, 11) is 0. The predicted octanol–water partition coefficient (Wildman–Crippen LogP) is 1.75. The van der Waals surface area contributed by atoms with E-state index in [4.69, 9.17) is 0 Å². The summed E-state index contributed by atoms with van der Waals surface area (Å²) in [5.41, 5.74) is 0.827. The van der Waals surface area contributed by atoms with Gasteiger partial charge in [0.2, 0.25) is 0 Å². The Hall–Kier alpha value is -1.12. The molecule has 1 aromatic rings. The van der Waals surface area contributed by atoms with Crippen LogP contribution in [0.25, 0.3) is 0 Å². The zero-order chi connectivity index (χ0) is 9.90. The maximum atomic E-state index is 11.2. The van der Waals surface area contributed by atoms with Crippen LogP contribution in [-0.2, 0) is 6.42 Å². The Bertz CT molecular complexity index is 322. The van der Waals surface area contributed by atoms with Gasteiger partial charge in [-0.25, -0.2) is 0 Å². The molecule has 1 heterocycles. The van der Waals surface area contributed by atoms with Gasteiger partial charge in [-0.1, -0.05) is 20.8 Å². The van der Waals surface area contributed by atoms with Gasteiger partial charge in [-0.3, -0.25) is 9.78 Å². The molecule has 0 bridgehead atoms. The fourth-order valence-corrected chi connectivity index (χ4v) is 1.05. The van der Waals surface area contributed by atoms with Crippen LogP contribution < -0.4 is 5.56 Å². The van der Waals surface area contributed by atoms with E-state index in [0.717, 1.165) is 12.8 Å². The molecule has 0 saturated carbocycles. The van der Waals surface area contributed by atoms with Gasteiger partial charge in [0.15, 0.2) is 0 Å². The quantitative estimate of drug-likeness (QED) is 0.753. The highest BCUT2D eigenvalue weighted by Crippen LogP contribution is 2.19. The molecule has 0 unspecified atom stereocenters. The third-order valence-corrected chi connectivity index (χ3v) is 1.89. The first kappa shape index (κ1) is 9.96. The number of hydrogen-bond acceptors (Lipinski definition) is 2. The van der Waals surface area contributed by atoms with E-state index in [1.165, 1.54) is 0 Å².